The van der Waals surface area contributed by atoms with Crippen molar-refractivity contribution in [2.75, 3.05) is 32.1 Å². The molecule has 1 aliphatic rings. The number of rotatable bonds is 4. The quantitative estimate of drug-likeness (QED) is 0.824. The average Bonchev–Trinajstić information content (AvgIpc) is 2.51. The molecule has 0 atom stereocenters. The number of amides is 1. The van der Waals surface area contributed by atoms with Gasteiger partial charge >= 0.3 is 0 Å². The number of hydrogen-bond donors (Lipinski definition) is 0. The van der Waals surface area contributed by atoms with Crippen molar-refractivity contribution >= 4 is 27.5 Å². The Morgan fingerprint density at radius 3 is 2.78 bits per heavy atom. The molecule has 0 saturated carbocycles. The predicted octanol–water partition coefficient (Wildman–Crippen LogP) is 2.81. The zero-order chi connectivity index (χ0) is 16.4. The van der Waals surface area contributed by atoms with Gasteiger partial charge in [-0.15, -0.1) is 0 Å². The van der Waals surface area contributed by atoms with Gasteiger partial charge in [0.2, 0.25) is 5.88 Å². The fraction of sp³-hybridized carbons (Fsp3) is 0.294. The molecule has 1 fully saturated rings. The summed E-state index contributed by atoms with van der Waals surface area (Å²) in [5.41, 5.74) is 1.72. The van der Waals surface area contributed by atoms with E-state index in [1.165, 1.54) is 0 Å². The van der Waals surface area contributed by atoms with E-state index in [-0.39, 0.29) is 12.0 Å². The van der Waals surface area contributed by atoms with Crippen molar-refractivity contribution in [2.45, 2.75) is 6.10 Å². The average molecular weight is 376 g/mol. The number of ether oxygens (including phenoxy) is 1. The molecule has 1 aromatic carbocycles. The van der Waals surface area contributed by atoms with E-state index in [0.29, 0.717) is 24.5 Å². The molecule has 120 valence electrons. The van der Waals surface area contributed by atoms with Gasteiger partial charge in [-0.3, -0.25) is 4.79 Å². The van der Waals surface area contributed by atoms with E-state index in [9.17, 15) is 4.79 Å². The third-order valence-electron chi connectivity index (χ3n) is 3.75. The van der Waals surface area contributed by atoms with Crippen molar-refractivity contribution < 1.29 is 9.53 Å². The highest BCUT2D eigenvalue weighted by atomic mass is 79.9. The number of carbonyl (C=O) groups is 1. The summed E-state index contributed by atoms with van der Waals surface area (Å²) in [7, 11) is 3.92. The van der Waals surface area contributed by atoms with Gasteiger partial charge in [-0.2, -0.15) is 0 Å². The van der Waals surface area contributed by atoms with E-state index in [0.717, 1.165) is 10.2 Å². The highest BCUT2D eigenvalue weighted by Gasteiger charge is 2.33. The van der Waals surface area contributed by atoms with Crippen LogP contribution in [-0.2, 0) is 0 Å². The number of pyridine rings is 1. The maximum atomic E-state index is 12.5. The first-order valence-corrected chi connectivity index (χ1v) is 8.18. The molecule has 2 aromatic rings. The van der Waals surface area contributed by atoms with Crippen LogP contribution in [0.15, 0.2) is 47.1 Å². The number of carbonyl (C=O) groups excluding carboxylic acids is 1. The number of benzene rings is 1. The van der Waals surface area contributed by atoms with E-state index in [4.69, 9.17) is 4.74 Å². The number of halogens is 1. The van der Waals surface area contributed by atoms with Gasteiger partial charge in [-0.1, -0.05) is 6.07 Å². The molecule has 23 heavy (non-hydrogen) atoms. The Bertz CT molecular complexity index is 714. The van der Waals surface area contributed by atoms with Crippen LogP contribution < -0.4 is 9.64 Å². The molecule has 0 bridgehead atoms. The van der Waals surface area contributed by atoms with Crippen molar-refractivity contribution in [3.63, 3.8) is 0 Å². The van der Waals surface area contributed by atoms with Crippen molar-refractivity contribution in [2.24, 2.45) is 0 Å². The second-order valence-corrected chi connectivity index (χ2v) is 6.54. The first-order valence-electron chi connectivity index (χ1n) is 7.38. The molecule has 2 heterocycles. The van der Waals surface area contributed by atoms with E-state index in [1.807, 2.05) is 55.4 Å². The summed E-state index contributed by atoms with van der Waals surface area (Å²) in [6.45, 7) is 1.15. The summed E-state index contributed by atoms with van der Waals surface area (Å²) in [5.74, 6) is 0.604. The molecule has 0 radical (unpaired) electrons. The molecule has 1 saturated heterocycles. The molecular weight excluding hydrogens is 358 g/mol. The van der Waals surface area contributed by atoms with Crippen LogP contribution in [0.2, 0.25) is 0 Å². The van der Waals surface area contributed by atoms with E-state index >= 15 is 0 Å². The van der Waals surface area contributed by atoms with Gasteiger partial charge in [0.25, 0.3) is 5.91 Å². The molecule has 1 aromatic heterocycles. The number of aromatic nitrogens is 1. The minimum atomic E-state index is -0.0119. The fourth-order valence-corrected chi connectivity index (χ4v) is 2.74. The SMILES string of the molecule is CN(C)c1cccc(C(=O)N2CC(Oc3ncccc3Br)C2)c1. The Labute approximate surface area is 144 Å². The monoisotopic (exact) mass is 375 g/mol. The summed E-state index contributed by atoms with van der Waals surface area (Å²) >= 11 is 3.41. The van der Waals surface area contributed by atoms with E-state index < -0.39 is 0 Å². The second-order valence-electron chi connectivity index (χ2n) is 5.69. The van der Waals surface area contributed by atoms with Gasteiger partial charge in [-0.05, 0) is 46.3 Å². The lowest BCUT2D eigenvalue weighted by atomic mass is 10.1. The van der Waals surface area contributed by atoms with Gasteiger partial charge in [0.05, 0.1) is 17.6 Å². The van der Waals surface area contributed by atoms with Crippen LogP contribution in [0.4, 0.5) is 5.69 Å². The number of anilines is 1. The zero-order valence-corrected chi connectivity index (χ0v) is 14.7. The molecular formula is C17H18BrN3O2. The summed E-state index contributed by atoms with van der Waals surface area (Å²) in [4.78, 5) is 20.4. The normalized spacial score (nSPS) is 14.3. The van der Waals surface area contributed by atoms with Gasteiger partial charge in [0.1, 0.15) is 6.10 Å². The largest absolute Gasteiger partial charge is 0.470 e. The number of likely N-dealkylation sites (tertiary alicyclic amines) is 1. The molecule has 1 amide bonds. The topological polar surface area (TPSA) is 45.7 Å². The Balaban J connectivity index is 1.60. The zero-order valence-electron chi connectivity index (χ0n) is 13.1. The maximum absolute atomic E-state index is 12.5. The molecule has 6 heteroatoms. The van der Waals surface area contributed by atoms with Gasteiger partial charge in [-0.25, -0.2) is 4.98 Å². The molecule has 3 rings (SSSR count). The van der Waals surface area contributed by atoms with Crippen LogP contribution in [0, 0.1) is 0 Å². The Hall–Kier alpha value is -2.08. The molecule has 5 nitrogen and oxygen atoms in total. The Morgan fingerprint density at radius 1 is 1.30 bits per heavy atom. The minimum absolute atomic E-state index is 0.0119. The maximum Gasteiger partial charge on any atom is 0.254 e. The van der Waals surface area contributed by atoms with E-state index in [1.54, 1.807) is 11.1 Å². The van der Waals surface area contributed by atoms with Crippen LogP contribution in [-0.4, -0.2) is 49.1 Å². The molecule has 0 unspecified atom stereocenters. The van der Waals surface area contributed by atoms with Gasteiger partial charge in [0.15, 0.2) is 0 Å². The third-order valence-corrected chi connectivity index (χ3v) is 4.35. The van der Waals surface area contributed by atoms with Crippen molar-refractivity contribution in [1.29, 1.82) is 0 Å². The van der Waals surface area contributed by atoms with Crippen LogP contribution in [0.3, 0.4) is 0 Å². The lowest BCUT2D eigenvalue weighted by Crippen LogP contribution is -2.56. The summed E-state index contributed by atoms with van der Waals surface area (Å²) < 4.78 is 6.62. The fourth-order valence-electron chi connectivity index (χ4n) is 2.39. The first-order chi connectivity index (χ1) is 11.0. The lowest BCUT2D eigenvalue weighted by molar-refractivity contribution is 0.0157. The highest BCUT2D eigenvalue weighted by Crippen LogP contribution is 2.25. The minimum Gasteiger partial charge on any atom is -0.470 e. The van der Waals surface area contributed by atoms with E-state index in [2.05, 4.69) is 20.9 Å². The molecule has 0 N–H and O–H groups in total. The molecule has 0 aliphatic carbocycles. The van der Waals surface area contributed by atoms with Gasteiger partial charge < -0.3 is 14.5 Å². The first kappa shape index (κ1) is 15.8. The summed E-state index contributed by atoms with van der Waals surface area (Å²) in [6.07, 6.45) is 1.68. The van der Waals surface area contributed by atoms with Crippen molar-refractivity contribution in [1.82, 2.24) is 9.88 Å². The van der Waals surface area contributed by atoms with Crippen LogP contribution in [0.1, 0.15) is 10.4 Å². The Morgan fingerprint density at radius 2 is 2.09 bits per heavy atom. The third kappa shape index (κ3) is 3.47. The second kappa shape index (κ2) is 6.58. The number of nitrogens with zero attached hydrogens (tertiary/aromatic N) is 3. The smallest absolute Gasteiger partial charge is 0.254 e. The van der Waals surface area contributed by atoms with Crippen molar-refractivity contribution in [3.05, 3.63) is 52.6 Å². The molecule has 0 spiro atoms. The van der Waals surface area contributed by atoms with Gasteiger partial charge in [0, 0.05) is 31.5 Å². The van der Waals surface area contributed by atoms with Crippen LogP contribution >= 0.6 is 15.9 Å². The van der Waals surface area contributed by atoms with Crippen LogP contribution in [0.25, 0.3) is 0 Å². The van der Waals surface area contributed by atoms with Crippen molar-refractivity contribution in [3.8, 4) is 5.88 Å². The van der Waals surface area contributed by atoms with Crippen LogP contribution in [0.5, 0.6) is 5.88 Å². The summed E-state index contributed by atoms with van der Waals surface area (Å²) in [6, 6.07) is 11.4. The Kier molecular flexibility index (Phi) is 4.52. The standard InChI is InChI=1S/C17H18BrN3O2/c1-20(2)13-6-3-5-12(9-13)17(22)21-10-14(11-21)23-16-15(18)7-4-8-19-16/h3-9,14H,10-11H2,1-2H3. The summed E-state index contributed by atoms with van der Waals surface area (Å²) in [5, 5.41) is 0. The predicted molar refractivity (Wildman–Crippen MR) is 93.0 cm³/mol. The number of hydrogen-bond acceptors (Lipinski definition) is 4. The lowest BCUT2D eigenvalue weighted by Gasteiger charge is -2.38. The highest BCUT2D eigenvalue weighted by molar-refractivity contribution is 9.10. The molecule has 1 aliphatic heterocycles.